The van der Waals surface area contributed by atoms with Gasteiger partial charge in [0.05, 0.1) is 26.4 Å². The Labute approximate surface area is 176 Å². The molecule has 166 valence electrons. The summed E-state index contributed by atoms with van der Waals surface area (Å²) in [6.07, 6.45) is 0. The third kappa shape index (κ3) is 8.36. The minimum absolute atomic E-state index is 0.0413. The van der Waals surface area contributed by atoms with Crippen molar-refractivity contribution in [2.24, 2.45) is 0 Å². The Balaban J connectivity index is 0.000000304. The quantitative estimate of drug-likeness (QED) is 0.362. The van der Waals surface area contributed by atoms with E-state index in [-0.39, 0.29) is 11.2 Å². The van der Waals surface area contributed by atoms with Crippen molar-refractivity contribution < 1.29 is 22.4 Å². The Morgan fingerprint density at radius 1 is 0.690 bits per heavy atom. The number of H-pyrrole nitrogens is 4. The Hall–Kier alpha value is -0.950. The summed E-state index contributed by atoms with van der Waals surface area (Å²) in [5.74, 6) is 0. The molecule has 4 N–H and O–H groups in total. The van der Waals surface area contributed by atoms with E-state index >= 15 is 0 Å². The highest BCUT2D eigenvalue weighted by Crippen LogP contribution is 2.66. The average Bonchev–Trinajstić information content (AvgIpc) is 2.96. The highest BCUT2D eigenvalue weighted by atomic mass is 32.5. The highest BCUT2D eigenvalue weighted by Gasteiger charge is 2.31. The number of hydrogen-bond acceptors (Lipinski definition) is 10. The van der Waals surface area contributed by atoms with E-state index in [4.69, 9.17) is 46.0 Å². The van der Waals surface area contributed by atoms with Gasteiger partial charge in [0.15, 0.2) is 0 Å². The first-order valence-corrected chi connectivity index (χ1v) is 13.7. The Bertz CT molecular complexity index is 998. The molecule has 0 aliphatic heterocycles. The number of aromatic nitrogens is 4. The number of hydrogen-bond donors (Lipinski definition) is 4. The van der Waals surface area contributed by atoms with E-state index in [1.54, 1.807) is 0 Å². The van der Waals surface area contributed by atoms with Crippen molar-refractivity contribution in [1.82, 2.24) is 19.9 Å². The molecule has 0 atom stereocenters. The molecule has 0 bridgehead atoms. The normalized spacial score (nSPS) is 12.0. The molecule has 29 heavy (non-hydrogen) atoms. The van der Waals surface area contributed by atoms with Crippen LogP contribution in [0.5, 0.6) is 0 Å². The largest absolute Gasteiger partial charge is 0.334 e. The number of rotatable bonds is 10. The molecule has 2 rings (SSSR count). The summed E-state index contributed by atoms with van der Waals surface area (Å²) >= 11 is 10.4. The number of nitrogens with one attached hydrogen (secondary N) is 4. The summed E-state index contributed by atoms with van der Waals surface area (Å²) in [5.41, 5.74) is -1.65. The van der Waals surface area contributed by atoms with Gasteiger partial charge in [0.2, 0.25) is 0 Å². The Morgan fingerprint density at radius 3 is 1.45 bits per heavy atom. The molecule has 2 aromatic heterocycles. The molecule has 0 aliphatic carbocycles. The van der Waals surface area contributed by atoms with Gasteiger partial charge in [-0.2, -0.15) is 0 Å². The molecule has 0 aliphatic rings. The maximum absolute atomic E-state index is 10.9. The third-order valence-electron chi connectivity index (χ3n) is 2.77. The Kier molecular flexibility index (Phi) is 10.8. The van der Waals surface area contributed by atoms with Crippen LogP contribution in [0, 0.1) is 0 Å². The first kappa shape index (κ1) is 26.1. The molecule has 2 heterocycles. The van der Waals surface area contributed by atoms with Crippen molar-refractivity contribution in [2.45, 2.75) is 27.7 Å². The summed E-state index contributed by atoms with van der Waals surface area (Å²) in [6, 6.07) is 0. The fourth-order valence-corrected chi connectivity index (χ4v) is 8.25. The summed E-state index contributed by atoms with van der Waals surface area (Å²) in [4.78, 5) is 41.0. The van der Waals surface area contributed by atoms with Crippen molar-refractivity contribution in [3.8, 4) is 0 Å². The van der Waals surface area contributed by atoms with Crippen LogP contribution in [0.25, 0.3) is 11.2 Å². The SMILES string of the molecule is CCOP(=S)(OCC)OP(=S)(OCC)OCC.O=c1[nH]c(=O)c2[nH]c(=O)[nH]c2[nH]1. The predicted molar refractivity (Wildman–Crippen MR) is 116 cm³/mol. The maximum Gasteiger partial charge on any atom is 0.334 e. The van der Waals surface area contributed by atoms with Gasteiger partial charge in [-0.3, -0.25) is 24.7 Å². The highest BCUT2D eigenvalue weighted by molar-refractivity contribution is 8.14. The molecule has 0 aromatic carbocycles. The van der Waals surface area contributed by atoms with Gasteiger partial charge < -0.3 is 18.1 Å². The van der Waals surface area contributed by atoms with Gasteiger partial charge in [0, 0.05) is 0 Å². The fraction of sp³-hybridized carbons (Fsp3) is 0.615. The second-order valence-electron chi connectivity index (χ2n) is 4.88. The van der Waals surface area contributed by atoms with Crippen LogP contribution in [0.1, 0.15) is 27.7 Å². The van der Waals surface area contributed by atoms with Crippen LogP contribution >= 0.6 is 13.4 Å². The van der Waals surface area contributed by atoms with Gasteiger partial charge >= 0.3 is 24.8 Å². The van der Waals surface area contributed by atoms with E-state index in [0.29, 0.717) is 26.4 Å². The number of fused-ring (bicyclic) bond motifs is 1. The summed E-state index contributed by atoms with van der Waals surface area (Å²) in [7, 11) is 0. The van der Waals surface area contributed by atoms with E-state index in [2.05, 4.69) is 15.0 Å². The van der Waals surface area contributed by atoms with Crippen LogP contribution in [0.15, 0.2) is 14.4 Å². The first-order chi connectivity index (χ1) is 13.6. The van der Waals surface area contributed by atoms with Crippen LogP contribution in [-0.2, 0) is 46.0 Å². The van der Waals surface area contributed by atoms with Gasteiger partial charge in [-0.25, -0.2) is 13.9 Å². The molecule has 0 unspecified atom stereocenters. The molecule has 0 radical (unpaired) electrons. The summed E-state index contributed by atoms with van der Waals surface area (Å²) in [5, 5.41) is 0. The predicted octanol–water partition coefficient (Wildman–Crippen LogP) is 1.83. The average molecular weight is 490 g/mol. The standard InChI is InChI=1S/C8H20O5P2S2.C5H4N4O3/c1-5-9-14(16,10-6-2)13-15(17,11-7-3)12-8-4;10-3-1-2(7-4(11)6-1)8-5(12)9-3/h5-8H2,1-4H3;(H4,6,7,8,9,10,11,12). The first-order valence-electron chi connectivity index (χ1n) is 8.56. The second kappa shape index (κ2) is 12.0. The molecule has 12 nitrogen and oxygen atoms in total. The molecule has 0 fully saturated rings. The van der Waals surface area contributed by atoms with Crippen molar-refractivity contribution >= 4 is 48.2 Å². The smallest absolute Gasteiger partial charge is 0.309 e. The van der Waals surface area contributed by atoms with E-state index in [1.807, 2.05) is 32.7 Å². The van der Waals surface area contributed by atoms with E-state index in [0.717, 1.165) is 0 Å². The van der Waals surface area contributed by atoms with Crippen molar-refractivity contribution in [2.75, 3.05) is 26.4 Å². The monoisotopic (exact) mass is 490 g/mol. The molecular formula is C13H24N4O8P2S2. The molecule has 0 saturated carbocycles. The fourth-order valence-electron chi connectivity index (χ4n) is 1.88. The zero-order valence-corrected chi connectivity index (χ0v) is 19.7. The lowest BCUT2D eigenvalue weighted by Crippen LogP contribution is -2.21. The number of aromatic amines is 4. The topological polar surface area (TPSA) is 161 Å². The van der Waals surface area contributed by atoms with Gasteiger partial charge in [0.25, 0.3) is 5.56 Å². The lowest BCUT2D eigenvalue weighted by molar-refractivity contribution is 0.176. The molecule has 0 amide bonds. The zero-order valence-electron chi connectivity index (χ0n) is 16.3. The summed E-state index contributed by atoms with van der Waals surface area (Å²) in [6.45, 7) is 3.09. The zero-order chi connectivity index (χ0) is 22.1. The van der Waals surface area contributed by atoms with Crippen LogP contribution in [0.2, 0.25) is 0 Å². The molecule has 2 aromatic rings. The van der Waals surface area contributed by atoms with Crippen LogP contribution in [-0.4, -0.2) is 46.4 Å². The summed E-state index contributed by atoms with van der Waals surface area (Å²) < 4.78 is 26.9. The second-order valence-corrected chi connectivity index (χ2v) is 11.0. The van der Waals surface area contributed by atoms with Gasteiger partial charge in [0.1, 0.15) is 11.2 Å². The van der Waals surface area contributed by atoms with Crippen molar-refractivity contribution in [1.29, 1.82) is 0 Å². The van der Waals surface area contributed by atoms with Crippen LogP contribution in [0.4, 0.5) is 0 Å². The van der Waals surface area contributed by atoms with Crippen LogP contribution in [0.3, 0.4) is 0 Å². The van der Waals surface area contributed by atoms with E-state index in [1.165, 1.54) is 0 Å². The van der Waals surface area contributed by atoms with E-state index < -0.39 is 30.4 Å². The third-order valence-corrected chi connectivity index (χ3v) is 9.13. The lowest BCUT2D eigenvalue weighted by atomic mass is 10.5. The molecule has 0 spiro atoms. The molecular weight excluding hydrogens is 466 g/mol. The number of imidazole rings is 1. The van der Waals surface area contributed by atoms with Gasteiger partial charge in [-0.15, -0.1) is 0 Å². The lowest BCUT2D eigenvalue weighted by Gasteiger charge is -2.27. The van der Waals surface area contributed by atoms with Gasteiger partial charge in [-0.05, 0) is 51.3 Å². The Morgan fingerprint density at radius 2 is 1.07 bits per heavy atom. The van der Waals surface area contributed by atoms with Crippen LogP contribution < -0.4 is 16.9 Å². The van der Waals surface area contributed by atoms with Crippen molar-refractivity contribution in [3.63, 3.8) is 0 Å². The minimum atomic E-state index is -2.87. The van der Waals surface area contributed by atoms with Gasteiger partial charge in [-0.1, -0.05) is 0 Å². The van der Waals surface area contributed by atoms with Crippen molar-refractivity contribution in [3.05, 3.63) is 31.3 Å². The maximum atomic E-state index is 10.9. The minimum Gasteiger partial charge on any atom is -0.309 e. The molecule has 0 saturated heterocycles. The molecule has 16 heteroatoms. The van der Waals surface area contributed by atoms with E-state index in [9.17, 15) is 14.4 Å².